The van der Waals surface area contributed by atoms with E-state index in [1.807, 2.05) is 18.2 Å². The molecule has 4 rings (SSSR count). The Kier molecular flexibility index (Phi) is 5.79. The number of primary amides is 1. The monoisotopic (exact) mass is 377 g/mol. The van der Waals surface area contributed by atoms with Crippen molar-refractivity contribution in [2.75, 3.05) is 13.6 Å². The largest absolute Gasteiger partial charge is 0.366 e. The van der Waals surface area contributed by atoms with Crippen molar-refractivity contribution < 1.29 is 4.79 Å². The standard InChI is InChI=1S/C24H31N3O/c1-26-21(12-17-6-3-2-4-7-17)16-27-22-10-11-23(27)15-20(14-22)18-8-5-9-19(13-18)24(25)28/h2-9,13,20-23,26H,10-12,14-16H2,1H3,(H2,25,28). The van der Waals surface area contributed by atoms with Gasteiger partial charge < -0.3 is 11.1 Å². The van der Waals surface area contributed by atoms with Crippen LogP contribution in [0.4, 0.5) is 0 Å². The fourth-order valence-corrected chi connectivity index (χ4v) is 5.20. The van der Waals surface area contributed by atoms with E-state index in [-0.39, 0.29) is 5.91 Å². The van der Waals surface area contributed by atoms with E-state index >= 15 is 0 Å². The zero-order valence-corrected chi connectivity index (χ0v) is 16.7. The van der Waals surface area contributed by atoms with Gasteiger partial charge in [0.25, 0.3) is 0 Å². The minimum Gasteiger partial charge on any atom is -0.366 e. The summed E-state index contributed by atoms with van der Waals surface area (Å²) in [4.78, 5) is 14.3. The molecule has 0 aliphatic carbocycles. The highest BCUT2D eigenvalue weighted by Crippen LogP contribution is 2.43. The molecule has 4 heteroatoms. The number of likely N-dealkylation sites (N-methyl/N-ethyl adjacent to an activating group) is 1. The lowest BCUT2D eigenvalue weighted by Crippen LogP contribution is -2.49. The zero-order valence-electron chi connectivity index (χ0n) is 16.7. The summed E-state index contributed by atoms with van der Waals surface area (Å²) in [5.41, 5.74) is 8.79. The summed E-state index contributed by atoms with van der Waals surface area (Å²) >= 11 is 0. The van der Waals surface area contributed by atoms with Gasteiger partial charge in [0.05, 0.1) is 0 Å². The number of nitrogens with one attached hydrogen (secondary N) is 1. The topological polar surface area (TPSA) is 58.4 Å². The number of hydrogen-bond donors (Lipinski definition) is 2. The van der Waals surface area contributed by atoms with Gasteiger partial charge in [-0.1, -0.05) is 42.5 Å². The van der Waals surface area contributed by atoms with Crippen molar-refractivity contribution in [3.05, 3.63) is 71.3 Å². The highest BCUT2D eigenvalue weighted by Gasteiger charge is 2.41. The molecule has 0 spiro atoms. The Morgan fingerprint density at radius 2 is 1.82 bits per heavy atom. The van der Waals surface area contributed by atoms with Crippen LogP contribution in [0.25, 0.3) is 0 Å². The van der Waals surface area contributed by atoms with Gasteiger partial charge in [0, 0.05) is 30.2 Å². The van der Waals surface area contributed by atoms with Crippen molar-refractivity contribution in [2.24, 2.45) is 5.73 Å². The van der Waals surface area contributed by atoms with Crippen LogP contribution < -0.4 is 11.1 Å². The van der Waals surface area contributed by atoms with Crippen molar-refractivity contribution in [3.8, 4) is 0 Å². The second-order valence-corrected chi connectivity index (χ2v) is 8.42. The summed E-state index contributed by atoms with van der Waals surface area (Å²) < 4.78 is 0. The highest BCUT2D eigenvalue weighted by molar-refractivity contribution is 5.92. The van der Waals surface area contributed by atoms with E-state index in [1.165, 1.54) is 36.8 Å². The predicted octanol–water partition coefficient (Wildman–Crippen LogP) is 3.33. The summed E-state index contributed by atoms with van der Waals surface area (Å²) in [5, 5.41) is 3.54. The first-order valence-corrected chi connectivity index (χ1v) is 10.5. The Morgan fingerprint density at radius 1 is 1.11 bits per heavy atom. The molecule has 28 heavy (non-hydrogen) atoms. The average molecular weight is 378 g/mol. The fourth-order valence-electron chi connectivity index (χ4n) is 5.20. The Labute approximate surface area is 168 Å². The van der Waals surface area contributed by atoms with Crippen molar-refractivity contribution in [1.82, 2.24) is 10.2 Å². The van der Waals surface area contributed by atoms with Crippen LogP contribution in [-0.4, -0.2) is 42.5 Å². The molecule has 0 saturated carbocycles. The van der Waals surface area contributed by atoms with Gasteiger partial charge in [-0.3, -0.25) is 9.69 Å². The molecule has 0 aromatic heterocycles. The zero-order chi connectivity index (χ0) is 19.5. The normalized spacial score (nSPS) is 25.5. The number of fused-ring (bicyclic) bond motifs is 2. The molecule has 3 atom stereocenters. The molecule has 2 saturated heterocycles. The number of nitrogens with zero attached hydrogens (tertiary/aromatic N) is 1. The minimum atomic E-state index is -0.333. The van der Waals surface area contributed by atoms with Crippen molar-refractivity contribution in [2.45, 2.75) is 56.1 Å². The average Bonchev–Trinajstić information content (AvgIpc) is 2.95. The molecule has 3 unspecified atom stereocenters. The van der Waals surface area contributed by atoms with E-state index in [4.69, 9.17) is 5.73 Å². The first-order valence-electron chi connectivity index (χ1n) is 10.5. The van der Waals surface area contributed by atoms with Gasteiger partial charge >= 0.3 is 0 Å². The van der Waals surface area contributed by atoms with Crippen LogP contribution in [0.5, 0.6) is 0 Å². The molecule has 3 N–H and O–H groups in total. The van der Waals surface area contributed by atoms with Crippen LogP contribution in [0.2, 0.25) is 0 Å². The van der Waals surface area contributed by atoms with Crippen LogP contribution in [0.15, 0.2) is 54.6 Å². The number of benzene rings is 2. The molecule has 2 heterocycles. The summed E-state index contributed by atoms with van der Waals surface area (Å²) in [7, 11) is 2.08. The molecule has 1 amide bonds. The lowest BCUT2D eigenvalue weighted by atomic mass is 9.84. The highest BCUT2D eigenvalue weighted by atomic mass is 16.1. The molecular weight excluding hydrogens is 346 g/mol. The number of rotatable bonds is 7. The van der Waals surface area contributed by atoms with Gasteiger partial charge in [-0.25, -0.2) is 0 Å². The second-order valence-electron chi connectivity index (χ2n) is 8.42. The Balaban J connectivity index is 1.42. The SMILES string of the molecule is CNC(Cc1ccccc1)CN1C2CCC1CC(c1cccc(C(N)=O)c1)C2. The first kappa shape index (κ1) is 19.2. The van der Waals surface area contributed by atoms with Gasteiger partial charge in [-0.15, -0.1) is 0 Å². The fraction of sp³-hybridized carbons (Fsp3) is 0.458. The van der Waals surface area contributed by atoms with E-state index in [0.717, 1.165) is 13.0 Å². The van der Waals surface area contributed by atoms with E-state index < -0.39 is 0 Å². The molecule has 2 aliphatic rings. The Morgan fingerprint density at radius 3 is 2.46 bits per heavy atom. The number of piperidine rings is 1. The quantitative estimate of drug-likeness (QED) is 0.778. The van der Waals surface area contributed by atoms with Gasteiger partial charge in [0.1, 0.15) is 0 Å². The van der Waals surface area contributed by atoms with Crippen LogP contribution in [0, 0.1) is 0 Å². The predicted molar refractivity (Wildman–Crippen MR) is 113 cm³/mol. The van der Waals surface area contributed by atoms with Crippen LogP contribution in [0.1, 0.15) is 53.1 Å². The maximum absolute atomic E-state index is 11.5. The van der Waals surface area contributed by atoms with Gasteiger partial charge in [-0.05, 0) is 68.3 Å². The number of hydrogen-bond acceptors (Lipinski definition) is 3. The molecule has 2 aromatic carbocycles. The third-order valence-electron chi connectivity index (χ3n) is 6.69. The van der Waals surface area contributed by atoms with E-state index in [2.05, 4.69) is 53.7 Å². The molecule has 2 aromatic rings. The molecular formula is C24H31N3O. The first-order chi connectivity index (χ1) is 13.6. The second kappa shape index (κ2) is 8.46. The Hall–Kier alpha value is -2.17. The minimum absolute atomic E-state index is 0.333. The molecule has 148 valence electrons. The molecule has 0 radical (unpaired) electrons. The number of carbonyl (C=O) groups excluding carboxylic acids is 1. The summed E-state index contributed by atoms with van der Waals surface area (Å²) in [5.74, 6) is 0.204. The summed E-state index contributed by atoms with van der Waals surface area (Å²) in [6.07, 6.45) is 6.01. The van der Waals surface area contributed by atoms with Crippen molar-refractivity contribution in [3.63, 3.8) is 0 Å². The smallest absolute Gasteiger partial charge is 0.248 e. The number of carbonyl (C=O) groups is 1. The molecule has 4 nitrogen and oxygen atoms in total. The van der Waals surface area contributed by atoms with Crippen molar-refractivity contribution >= 4 is 5.91 Å². The lowest BCUT2D eigenvalue weighted by molar-refractivity contribution is 0.0999. The Bertz CT molecular complexity index is 793. The summed E-state index contributed by atoms with van der Waals surface area (Å²) in [6, 6.07) is 20.5. The maximum Gasteiger partial charge on any atom is 0.248 e. The van der Waals surface area contributed by atoms with E-state index in [9.17, 15) is 4.79 Å². The van der Waals surface area contributed by atoms with Crippen LogP contribution >= 0.6 is 0 Å². The molecule has 2 fully saturated rings. The van der Waals surface area contributed by atoms with Crippen LogP contribution in [-0.2, 0) is 6.42 Å². The number of amides is 1. The van der Waals surface area contributed by atoms with E-state index in [1.54, 1.807) is 0 Å². The van der Waals surface area contributed by atoms with E-state index in [0.29, 0.717) is 29.6 Å². The molecule has 2 aliphatic heterocycles. The van der Waals surface area contributed by atoms with Gasteiger partial charge in [0.2, 0.25) is 5.91 Å². The van der Waals surface area contributed by atoms with Gasteiger partial charge in [0.15, 0.2) is 0 Å². The van der Waals surface area contributed by atoms with Gasteiger partial charge in [-0.2, -0.15) is 0 Å². The van der Waals surface area contributed by atoms with Crippen molar-refractivity contribution in [1.29, 1.82) is 0 Å². The summed E-state index contributed by atoms with van der Waals surface area (Å²) in [6.45, 7) is 1.11. The number of nitrogens with two attached hydrogens (primary N) is 1. The lowest BCUT2D eigenvalue weighted by Gasteiger charge is -2.41. The van der Waals surface area contributed by atoms with Crippen LogP contribution in [0.3, 0.4) is 0 Å². The maximum atomic E-state index is 11.5. The third-order valence-corrected chi connectivity index (χ3v) is 6.69. The third kappa shape index (κ3) is 4.13. The molecule has 2 bridgehead atoms.